The number of nitrogens with one attached hydrogen (secondary N) is 3. The van der Waals surface area contributed by atoms with E-state index in [9.17, 15) is 9.59 Å². The smallest absolute Gasteiger partial charge is 0.315 e. The fourth-order valence-corrected chi connectivity index (χ4v) is 1.74. The third-order valence-corrected chi connectivity index (χ3v) is 3.42. The Kier molecular flexibility index (Phi) is 6.40. The molecule has 122 valence electrons. The minimum Gasteiger partial charge on any atom is -0.347 e. The van der Waals surface area contributed by atoms with E-state index in [4.69, 9.17) is 0 Å². The highest BCUT2D eigenvalue weighted by molar-refractivity contribution is 5.94. The highest BCUT2D eigenvalue weighted by Crippen LogP contribution is 2.10. The van der Waals surface area contributed by atoms with Gasteiger partial charge >= 0.3 is 6.03 Å². The van der Waals surface area contributed by atoms with E-state index < -0.39 is 0 Å². The van der Waals surface area contributed by atoms with Crippen LogP contribution in [0.3, 0.4) is 0 Å². The Balaban J connectivity index is 2.56. The van der Waals surface area contributed by atoms with Gasteiger partial charge in [0, 0.05) is 23.7 Å². The van der Waals surface area contributed by atoms with Crippen molar-refractivity contribution in [2.24, 2.45) is 0 Å². The molecule has 5 nitrogen and oxygen atoms in total. The molecule has 1 aromatic carbocycles. The molecular weight excluding hydrogens is 278 g/mol. The van der Waals surface area contributed by atoms with Crippen LogP contribution in [0.5, 0.6) is 0 Å². The van der Waals surface area contributed by atoms with E-state index in [1.807, 2.05) is 46.8 Å². The van der Waals surface area contributed by atoms with Crippen molar-refractivity contribution in [2.45, 2.75) is 59.2 Å². The van der Waals surface area contributed by atoms with Crippen molar-refractivity contribution in [1.29, 1.82) is 0 Å². The molecule has 0 unspecified atom stereocenters. The average molecular weight is 305 g/mol. The zero-order chi connectivity index (χ0) is 16.8. The summed E-state index contributed by atoms with van der Waals surface area (Å²) in [6, 6.07) is 7.17. The maximum atomic E-state index is 12.1. The molecule has 0 atom stereocenters. The molecule has 0 saturated heterocycles. The van der Waals surface area contributed by atoms with Gasteiger partial charge in [0.2, 0.25) is 0 Å². The van der Waals surface area contributed by atoms with E-state index >= 15 is 0 Å². The highest BCUT2D eigenvalue weighted by Gasteiger charge is 2.18. The van der Waals surface area contributed by atoms with E-state index in [1.54, 1.807) is 12.1 Å². The zero-order valence-electron chi connectivity index (χ0n) is 14.1. The molecule has 0 spiro atoms. The van der Waals surface area contributed by atoms with Crippen molar-refractivity contribution in [3.8, 4) is 0 Å². The van der Waals surface area contributed by atoms with Crippen LogP contribution in [0, 0.1) is 0 Å². The summed E-state index contributed by atoms with van der Waals surface area (Å²) in [5, 5.41) is 8.53. The van der Waals surface area contributed by atoms with Crippen LogP contribution < -0.4 is 16.0 Å². The fraction of sp³-hybridized carbons (Fsp3) is 0.529. The Labute approximate surface area is 132 Å². The Morgan fingerprint density at radius 3 is 2.23 bits per heavy atom. The number of benzene rings is 1. The molecule has 0 aliphatic heterocycles. The topological polar surface area (TPSA) is 70.2 Å². The molecule has 0 aromatic heterocycles. The fourth-order valence-electron chi connectivity index (χ4n) is 1.74. The van der Waals surface area contributed by atoms with Gasteiger partial charge in [-0.2, -0.15) is 0 Å². The van der Waals surface area contributed by atoms with Crippen molar-refractivity contribution in [1.82, 2.24) is 16.0 Å². The van der Waals surface area contributed by atoms with Gasteiger partial charge in [0.05, 0.1) is 0 Å². The van der Waals surface area contributed by atoms with Crippen LogP contribution in [-0.4, -0.2) is 23.5 Å². The lowest BCUT2D eigenvalue weighted by Crippen LogP contribution is -2.42. The van der Waals surface area contributed by atoms with Crippen LogP contribution in [0.15, 0.2) is 24.3 Å². The Bertz CT molecular complexity index is 507. The van der Waals surface area contributed by atoms with E-state index in [1.165, 1.54) is 0 Å². The Hall–Kier alpha value is -2.04. The molecule has 1 aromatic rings. The standard InChI is InChI=1S/C17H27N3O2/c1-6-17(4,5)20-15(21)14-9-7-13(8-10-14)11-18-16(22)19-12(2)3/h7-10,12H,6,11H2,1-5H3,(H,20,21)(H2,18,19,22). The Morgan fingerprint density at radius 1 is 1.14 bits per heavy atom. The quantitative estimate of drug-likeness (QED) is 0.756. The third kappa shape index (κ3) is 6.16. The van der Waals surface area contributed by atoms with Crippen LogP contribution in [0.1, 0.15) is 57.0 Å². The van der Waals surface area contributed by atoms with Crippen molar-refractivity contribution in [3.63, 3.8) is 0 Å². The minimum absolute atomic E-state index is 0.0797. The van der Waals surface area contributed by atoms with Gasteiger partial charge in [-0.15, -0.1) is 0 Å². The molecule has 0 aliphatic rings. The lowest BCUT2D eigenvalue weighted by Gasteiger charge is -2.24. The van der Waals surface area contributed by atoms with Crippen LogP contribution in [0.4, 0.5) is 4.79 Å². The van der Waals surface area contributed by atoms with E-state index in [0.717, 1.165) is 12.0 Å². The molecule has 0 fully saturated rings. The summed E-state index contributed by atoms with van der Waals surface area (Å²) in [5.74, 6) is -0.0797. The van der Waals surface area contributed by atoms with Crippen molar-refractivity contribution in [2.75, 3.05) is 0 Å². The monoisotopic (exact) mass is 305 g/mol. The molecule has 0 bridgehead atoms. The average Bonchev–Trinajstić information content (AvgIpc) is 2.44. The summed E-state index contributed by atoms with van der Waals surface area (Å²) in [7, 11) is 0. The van der Waals surface area contributed by atoms with Gasteiger partial charge in [0.25, 0.3) is 5.91 Å². The zero-order valence-corrected chi connectivity index (χ0v) is 14.1. The van der Waals surface area contributed by atoms with Crippen LogP contribution in [-0.2, 0) is 6.54 Å². The summed E-state index contributed by atoms with van der Waals surface area (Å²) in [5.41, 5.74) is 1.36. The number of amides is 3. The van der Waals surface area contributed by atoms with Crippen LogP contribution >= 0.6 is 0 Å². The SMILES string of the molecule is CCC(C)(C)NC(=O)c1ccc(CNC(=O)NC(C)C)cc1. The van der Waals surface area contributed by atoms with Gasteiger partial charge in [0.15, 0.2) is 0 Å². The van der Waals surface area contributed by atoms with Gasteiger partial charge < -0.3 is 16.0 Å². The van der Waals surface area contributed by atoms with Crippen LogP contribution in [0.2, 0.25) is 0 Å². The molecule has 0 heterocycles. The maximum Gasteiger partial charge on any atom is 0.315 e. The molecule has 22 heavy (non-hydrogen) atoms. The molecule has 5 heteroatoms. The lowest BCUT2D eigenvalue weighted by atomic mass is 10.0. The normalized spacial score (nSPS) is 11.2. The molecule has 0 radical (unpaired) electrons. The predicted octanol–water partition coefficient (Wildman–Crippen LogP) is 2.81. The minimum atomic E-state index is -0.216. The third-order valence-electron chi connectivity index (χ3n) is 3.42. The van der Waals surface area contributed by atoms with E-state index in [2.05, 4.69) is 16.0 Å². The number of urea groups is 1. The van der Waals surface area contributed by atoms with Gasteiger partial charge in [-0.05, 0) is 51.8 Å². The van der Waals surface area contributed by atoms with Crippen molar-refractivity contribution < 1.29 is 9.59 Å². The second-order valence-electron chi connectivity index (χ2n) is 6.37. The molecule has 3 N–H and O–H groups in total. The first-order valence-corrected chi connectivity index (χ1v) is 7.69. The Morgan fingerprint density at radius 2 is 1.73 bits per heavy atom. The number of hydrogen-bond acceptors (Lipinski definition) is 2. The molecule has 3 amide bonds. The predicted molar refractivity (Wildman–Crippen MR) is 88.8 cm³/mol. The first-order valence-electron chi connectivity index (χ1n) is 7.69. The second kappa shape index (κ2) is 7.82. The van der Waals surface area contributed by atoms with Crippen molar-refractivity contribution in [3.05, 3.63) is 35.4 Å². The van der Waals surface area contributed by atoms with Gasteiger partial charge in [0.1, 0.15) is 0 Å². The lowest BCUT2D eigenvalue weighted by molar-refractivity contribution is 0.0911. The number of carbonyl (C=O) groups is 2. The summed E-state index contributed by atoms with van der Waals surface area (Å²) in [6.45, 7) is 10.3. The van der Waals surface area contributed by atoms with Gasteiger partial charge in [-0.25, -0.2) is 4.79 Å². The molecule has 0 saturated carbocycles. The summed E-state index contributed by atoms with van der Waals surface area (Å²) in [4.78, 5) is 23.6. The summed E-state index contributed by atoms with van der Waals surface area (Å²) >= 11 is 0. The van der Waals surface area contributed by atoms with Gasteiger partial charge in [-0.3, -0.25) is 4.79 Å². The summed E-state index contributed by atoms with van der Waals surface area (Å²) in [6.07, 6.45) is 0.867. The second-order valence-corrected chi connectivity index (χ2v) is 6.37. The first kappa shape index (κ1) is 18.0. The highest BCUT2D eigenvalue weighted by atomic mass is 16.2. The largest absolute Gasteiger partial charge is 0.347 e. The molecule has 0 aliphatic carbocycles. The molecule has 1 rings (SSSR count). The van der Waals surface area contributed by atoms with Crippen LogP contribution in [0.25, 0.3) is 0 Å². The number of rotatable bonds is 6. The first-order chi connectivity index (χ1) is 10.2. The summed E-state index contributed by atoms with van der Waals surface area (Å²) < 4.78 is 0. The van der Waals surface area contributed by atoms with Crippen molar-refractivity contribution >= 4 is 11.9 Å². The number of carbonyl (C=O) groups excluding carboxylic acids is 2. The van der Waals surface area contributed by atoms with Gasteiger partial charge in [-0.1, -0.05) is 19.1 Å². The molecular formula is C17H27N3O2. The number of hydrogen-bond donors (Lipinski definition) is 3. The van der Waals surface area contributed by atoms with E-state index in [0.29, 0.717) is 12.1 Å². The maximum absolute atomic E-state index is 12.1. The van der Waals surface area contributed by atoms with E-state index in [-0.39, 0.29) is 23.5 Å².